The number of hydrogen-bond acceptors (Lipinski definition) is 3. The third-order valence-corrected chi connectivity index (χ3v) is 2.18. The highest BCUT2D eigenvalue weighted by atomic mass is 79.9. The van der Waals surface area contributed by atoms with Crippen LogP contribution in [0.25, 0.3) is 0 Å². The fourth-order valence-corrected chi connectivity index (χ4v) is 0.775. The van der Waals surface area contributed by atoms with Crippen molar-refractivity contribution in [3.63, 3.8) is 0 Å². The zero-order valence-electron chi connectivity index (χ0n) is 7.92. The fraction of sp³-hybridized carbons (Fsp3) is 0.556. The van der Waals surface area contributed by atoms with Crippen LogP contribution in [0.1, 0.15) is 13.3 Å². The lowest BCUT2D eigenvalue weighted by atomic mass is 10.0. The molecule has 0 fully saturated rings. The van der Waals surface area contributed by atoms with Gasteiger partial charge in [-0.25, -0.2) is 0 Å². The molecule has 13 heavy (non-hydrogen) atoms. The van der Waals surface area contributed by atoms with Crippen LogP contribution < -0.4 is 5.32 Å². The average molecular weight is 250 g/mol. The summed E-state index contributed by atoms with van der Waals surface area (Å²) < 4.78 is 0.868. The maximum absolute atomic E-state index is 9.40. The molecule has 0 aromatic rings. The number of rotatable bonds is 5. The summed E-state index contributed by atoms with van der Waals surface area (Å²) in [5.41, 5.74) is -1.02. The molecule has 0 rings (SSSR count). The fourth-order valence-electron chi connectivity index (χ4n) is 0.622. The quantitative estimate of drug-likeness (QED) is 0.506. The molecule has 0 aromatic heterocycles. The first-order chi connectivity index (χ1) is 6.02. The minimum atomic E-state index is -1.02. The molecule has 0 radical (unpaired) electrons. The third kappa shape index (κ3) is 6.81. The Labute approximate surface area is 87.3 Å². The summed E-state index contributed by atoms with van der Waals surface area (Å²) in [6, 6.07) is 0. The van der Waals surface area contributed by atoms with E-state index in [-0.39, 0.29) is 6.61 Å². The van der Waals surface area contributed by atoms with E-state index in [2.05, 4.69) is 21.2 Å². The van der Waals surface area contributed by atoms with Crippen LogP contribution in [-0.2, 0) is 0 Å². The third-order valence-electron chi connectivity index (χ3n) is 1.52. The van der Waals surface area contributed by atoms with Crippen molar-refractivity contribution in [2.45, 2.75) is 18.9 Å². The van der Waals surface area contributed by atoms with Gasteiger partial charge >= 0.3 is 0 Å². The van der Waals surface area contributed by atoms with Crippen molar-refractivity contribution in [3.8, 4) is 0 Å². The van der Waals surface area contributed by atoms with E-state index in [1.165, 1.54) is 0 Å². The Kier molecular flexibility index (Phi) is 6.03. The Morgan fingerprint density at radius 1 is 1.62 bits per heavy atom. The number of aliphatic hydroxyl groups excluding tert-OH is 1. The van der Waals surface area contributed by atoms with Crippen molar-refractivity contribution >= 4 is 15.9 Å². The molecule has 0 bridgehead atoms. The predicted molar refractivity (Wildman–Crippen MR) is 57.5 cm³/mol. The van der Waals surface area contributed by atoms with Crippen LogP contribution >= 0.6 is 15.9 Å². The monoisotopic (exact) mass is 249 g/mol. The number of halogens is 1. The van der Waals surface area contributed by atoms with Gasteiger partial charge in [-0.15, -0.1) is 0 Å². The van der Waals surface area contributed by atoms with E-state index in [4.69, 9.17) is 5.11 Å². The molecule has 0 heterocycles. The summed E-state index contributed by atoms with van der Waals surface area (Å²) in [5, 5.41) is 21.0. The highest BCUT2D eigenvalue weighted by Gasteiger charge is 2.15. The first kappa shape index (κ1) is 12.7. The summed E-state index contributed by atoms with van der Waals surface area (Å²) in [5.74, 6) is 0. The molecule has 76 valence electrons. The molecular weight excluding hydrogens is 234 g/mol. The van der Waals surface area contributed by atoms with Crippen molar-refractivity contribution < 1.29 is 10.2 Å². The van der Waals surface area contributed by atoms with Crippen LogP contribution in [0.2, 0.25) is 0 Å². The minimum Gasteiger partial charge on any atom is -0.393 e. The topological polar surface area (TPSA) is 52.5 Å². The van der Waals surface area contributed by atoms with Gasteiger partial charge in [-0.05, 0) is 35.4 Å². The maximum atomic E-state index is 9.40. The van der Waals surface area contributed by atoms with Crippen LogP contribution in [0.3, 0.4) is 0 Å². The highest BCUT2D eigenvalue weighted by molar-refractivity contribution is 9.11. The second kappa shape index (κ2) is 6.18. The Balaban J connectivity index is 3.89. The molecule has 1 atom stereocenters. The average Bonchev–Trinajstić information content (AvgIpc) is 2.12. The number of allylic oxidation sites excluding steroid dienone is 2. The van der Waals surface area contributed by atoms with E-state index < -0.39 is 5.60 Å². The molecule has 3 nitrogen and oxygen atoms in total. The van der Waals surface area contributed by atoms with Crippen LogP contribution in [0.5, 0.6) is 0 Å². The molecule has 0 spiro atoms. The van der Waals surface area contributed by atoms with Crippen LogP contribution in [0, 0.1) is 0 Å². The molecule has 0 aliphatic carbocycles. The van der Waals surface area contributed by atoms with Gasteiger partial charge in [0.25, 0.3) is 0 Å². The lowest BCUT2D eigenvalue weighted by Crippen LogP contribution is -2.27. The van der Waals surface area contributed by atoms with Crippen molar-refractivity contribution in [3.05, 3.63) is 22.8 Å². The molecule has 4 heteroatoms. The summed E-state index contributed by atoms with van der Waals surface area (Å²) in [4.78, 5) is 0. The van der Waals surface area contributed by atoms with E-state index in [1.54, 1.807) is 20.0 Å². The Morgan fingerprint density at radius 2 is 2.23 bits per heavy atom. The molecule has 3 N–H and O–H groups in total. The lowest BCUT2D eigenvalue weighted by molar-refractivity contribution is 0.00452. The van der Waals surface area contributed by atoms with Crippen molar-refractivity contribution in [2.75, 3.05) is 13.7 Å². The molecule has 1 unspecified atom stereocenters. The molecular formula is C9H16BrNO2. The Morgan fingerprint density at radius 3 is 2.69 bits per heavy atom. The molecule has 0 aromatic carbocycles. The van der Waals surface area contributed by atoms with E-state index in [0.29, 0.717) is 6.42 Å². The van der Waals surface area contributed by atoms with Gasteiger partial charge in [0, 0.05) is 7.05 Å². The molecule has 0 aliphatic rings. The van der Waals surface area contributed by atoms with Gasteiger partial charge in [-0.1, -0.05) is 12.2 Å². The van der Waals surface area contributed by atoms with Crippen LogP contribution in [0.15, 0.2) is 22.8 Å². The van der Waals surface area contributed by atoms with Crippen LogP contribution in [0.4, 0.5) is 0 Å². The van der Waals surface area contributed by atoms with Crippen LogP contribution in [-0.4, -0.2) is 29.5 Å². The van der Waals surface area contributed by atoms with E-state index in [9.17, 15) is 5.11 Å². The van der Waals surface area contributed by atoms with Crippen molar-refractivity contribution in [1.82, 2.24) is 5.32 Å². The summed E-state index contributed by atoms with van der Waals surface area (Å²) in [6.07, 6.45) is 5.87. The normalized spacial score (nSPS) is 17.5. The SMILES string of the molecule is CN/C(Br)=C\C=C/CC(C)(O)CO. The maximum Gasteiger partial charge on any atom is 0.0883 e. The molecule has 0 saturated carbocycles. The van der Waals surface area contributed by atoms with Gasteiger partial charge in [0.05, 0.1) is 16.8 Å². The number of aliphatic hydroxyl groups is 2. The number of nitrogens with one attached hydrogen (secondary N) is 1. The molecule has 0 aliphatic heterocycles. The van der Waals surface area contributed by atoms with Gasteiger partial charge in [-0.2, -0.15) is 0 Å². The van der Waals surface area contributed by atoms with Crippen molar-refractivity contribution in [1.29, 1.82) is 0 Å². The van der Waals surface area contributed by atoms with Gasteiger partial charge in [0.15, 0.2) is 0 Å². The second-order valence-electron chi connectivity index (χ2n) is 3.05. The van der Waals surface area contributed by atoms with E-state index >= 15 is 0 Å². The van der Waals surface area contributed by atoms with E-state index in [1.807, 2.05) is 12.2 Å². The number of hydrogen-bond donors (Lipinski definition) is 3. The zero-order valence-corrected chi connectivity index (χ0v) is 9.50. The highest BCUT2D eigenvalue weighted by Crippen LogP contribution is 2.08. The lowest BCUT2D eigenvalue weighted by Gasteiger charge is -2.17. The zero-order chi connectivity index (χ0) is 10.3. The summed E-state index contributed by atoms with van der Waals surface area (Å²) in [7, 11) is 1.80. The standard InChI is InChI=1S/C9H16BrNO2/c1-9(13,7-12)6-4-3-5-8(10)11-2/h3-5,11-13H,6-7H2,1-2H3/b4-3-,8-5-. The van der Waals surface area contributed by atoms with Crippen molar-refractivity contribution in [2.24, 2.45) is 0 Å². The van der Waals surface area contributed by atoms with Gasteiger partial charge < -0.3 is 15.5 Å². The summed E-state index contributed by atoms with van der Waals surface area (Å²) >= 11 is 3.26. The summed E-state index contributed by atoms with van der Waals surface area (Å²) in [6.45, 7) is 1.36. The minimum absolute atomic E-state index is 0.228. The van der Waals surface area contributed by atoms with Gasteiger partial charge in [-0.3, -0.25) is 0 Å². The Hall–Kier alpha value is -0.320. The largest absolute Gasteiger partial charge is 0.393 e. The second-order valence-corrected chi connectivity index (χ2v) is 3.91. The van der Waals surface area contributed by atoms with Gasteiger partial charge in [0.2, 0.25) is 0 Å². The first-order valence-electron chi connectivity index (χ1n) is 4.05. The molecule has 0 amide bonds. The smallest absolute Gasteiger partial charge is 0.0883 e. The Bertz CT molecular complexity index is 200. The molecule has 0 saturated heterocycles. The predicted octanol–water partition coefficient (Wildman–Crippen LogP) is 1.13. The van der Waals surface area contributed by atoms with Gasteiger partial charge in [0.1, 0.15) is 0 Å². The first-order valence-corrected chi connectivity index (χ1v) is 4.84. The van der Waals surface area contributed by atoms with E-state index in [0.717, 1.165) is 4.61 Å².